The average Bonchev–Trinajstić information content (AvgIpc) is 3.01. The summed E-state index contributed by atoms with van der Waals surface area (Å²) in [6.45, 7) is 3.62. The van der Waals surface area contributed by atoms with E-state index in [4.69, 9.17) is 0 Å². The Morgan fingerprint density at radius 3 is 2.26 bits per heavy atom. The minimum atomic E-state index is 0.895. The van der Waals surface area contributed by atoms with Crippen LogP contribution in [0.4, 0.5) is 11.4 Å². The fourth-order valence-electron chi connectivity index (χ4n) is 3.42. The van der Waals surface area contributed by atoms with Crippen molar-refractivity contribution in [3.8, 4) is 0 Å². The minimum Gasteiger partial charge on any atom is -0.385 e. The summed E-state index contributed by atoms with van der Waals surface area (Å²) in [4.78, 5) is 2.49. The lowest BCUT2D eigenvalue weighted by Gasteiger charge is -2.22. The zero-order chi connectivity index (χ0) is 12.9. The van der Waals surface area contributed by atoms with Gasteiger partial charge < -0.3 is 10.2 Å². The highest BCUT2D eigenvalue weighted by atomic mass is 15.1. The number of nitrogens with zero attached hydrogens (tertiary/aromatic N) is 1. The first kappa shape index (κ1) is 12.8. The van der Waals surface area contributed by atoms with Crippen LogP contribution in [0.1, 0.15) is 44.9 Å². The van der Waals surface area contributed by atoms with Crippen LogP contribution in [0.25, 0.3) is 0 Å². The van der Waals surface area contributed by atoms with Crippen LogP contribution in [0.5, 0.6) is 0 Å². The van der Waals surface area contributed by atoms with Crippen molar-refractivity contribution in [2.75, 3.05) is 29.9 Å². The van der Waals surface area contributed by atoms with Crippen molar-refractivity contribution in [2.24, 2.45) is 5.92 Å². The SMILES string of the molecule is c1cc(N2CCCC2)ccc1NCC1CCCCC1. The molecule has 1 N–H and O–H groups in total. The van der Waals surface area contributed by atoms with Gasteiger partial charge in [-0.15, -0.1) is 0 Å². The van der Waals surface area contributed by atoms with Gasteiger partial charge in [0, 0.05) is 31.0 Å². The quantitative estimate of drug-likeness (QED) is 0.867. The third-order valence-electron chi connectivity index (χ3n) is 4.66. The van der Waals surface area contributed by atoms with Crippen molar-refractivity contribution in [1.29, 1.82) is 0 Å². The van der Waals surface area contributed by atoms with Gasteiger partial charge >= 0.3 is 0 Å². The first-order valence-corrected chi connectivity index (χ1v) is 8.01. The molecule has 0 spiro atoms. The van der Waals surface area contributed by atoms with E-state index in [1.54, 1.807) is 0 Å². The summed E-state index contributed by atoms with van der Waals surface area (Å²) < 4.78 is 0. The Balaban J connectivity index is 1.50. The summed E-state index contributed by atoms with van der Waals surface area (Å²) in [5, 5.41) is 3.61. The van der Waals surface area contributed by atoms with Gasteiger partial charge in [0.2, 0.25) is 0 Å². The zero-order valence-corrected chi connectivity index (χ0v) is 11.9. The van der Waals surface area contributed by atoms with Gasteiger partial charge in [-0.05, 0) is 55.9 Å². The molecule has 2 fully saturated rings. The number of benzene rings is 1. The van der Waals surface area contributed by atoms with Gasteiger partial charge in [-0.3, -0.25) is 0 Å². The van der Waals surface area contributed by atoms with Gasteiger partial charge in [0.1, 0.15) is 0 Å². The third kappa shape index (κ3) is 3.43. The summed E-state index contributed by atoms with van der Waals surface area (Å²) in [5.41, 5.74) is 2.68. The van der Waals surface area contributed by atoms with Crippen molar-refractivity contribution in [2.45, 2.75) is 44.9 Å². The van der Waals surface area contributed by atoms with Crippen LogP contribution in [-0.4, -0.2) is 19.6 Å². The van der Waals surface area contributed by atoms with Gasteiger partial charge in [-0.2, -0.15) is 0 Å². The molecule has 1 heterocycles. The Labute approximate surface area is 117 Å². The summed E-state index contributed by atoms with van der Waals surface area (Å²) in [6.07, 6.45) is 9.84. The van der Waals surface area contributed by atoms with E-state index >= 15 is 0 Å². The molecule has 0 bridgehead atoms. The Morgan fingerprint density at radius 2 is 1.58 bits per heavy atom. The smallest absolute Gasteiger partial charge is 0.0367 e. The second-order valence-electron chi connectivity index (χ2n) is 6.13. The molecule has 2 aliphatic rings. The van der Waals surface area contributed by atoms with E-state index in [0.717, 1.165) is 12.5 Å². The van der Waals surface area contributed by atoms with Crippen molar-refractivity contribution in [3.63, 3.8) is 0 Å². The predicted molar refractivity (Wildman–Crippen MR) is 83.0 cm³/mol. The molecule has 1 saturated carbocycles. The summed E-state index contributed by atoms with van der Waals surface area (Å²) >= 11 is 0. The molecule has 1 aliphatic heterocycles. The molecule has 104 valence electrons. The normalized spacial score (nSPS) is 20.7. The third-order valence-corrected chi connectivity index (χ3v) is 4.66. The van der Waals surface area contributed by atoms with E-state index in [1.165, 1.54) is 69.4 Å². The second-order valence-corrected chi connectivity index (χ2v) is 6.13. The topological polar surface area (TPSA) is 15.3 Å². The standard InChI is InChI=1S/C17H26N2/c1-2-6-15(7-3-1)14-18-16-8-10-17(11-9-16)19-12-4-5-13-19/h8-11,15,18H,1-7,12-14H2. The number of anilines is 2. The highest BCUT2D eigenvalue weighted by molar-refractivity contribution is 5.55. The van der Waals surface area contributed by atoms with E-state index < -0.39 is 0 Å². The first-order valence-electron chi connectivity index (χ1n) is 8.01. The van der Waals surface area contributed by atoms with Crippen LogP contribution in [0, 0.1) is 5.92 Å². The van der Waals surface area contributed by atoms with Crippen LogP contribution in [0.15, 0.2) is 24.3 Å². The molecular weight excluding hydrogens is 232 g/mol. The van der Waals surface area contributed by atoms with Crippen molar-refractivity contribution in [3.05, 3.63) is 24.3 Å². The average molecular weight is 258 g/mol. The highest BCUT2D eigenvalue weighted by Crippen LogP contribution is 2.25. The number of hydrogen-bond acceptors (Lipinski definition) is 2. The lowest BCUT2D eigenvalue weighted by Crippen LogP contribution is -2.18. The Bertz CT molecular complexity index is 373. The predicted octanol–water partition coefficient (Wildman–Crippen LogP) is 4.28. The van der Waals surface area contributed by atoms with Crippen molar-refractivity contribution in [1.82, 2.24) is 0 Å². The Morgan fingerprint density at radius 1 is 0.895 bits per heavy atom. The minimum absolute atomic E-state index is 0.895. The molecule has 0 aromatic heterocycles. The molecule has 3 rings (SSSR count). The van der Waals surface area contributed by atoms with Gasteiger partial charge in [-0.1, -0.05) is 19.3 Å². The van der Waals surface area contributed by atoms with Gasteiger partial charge in [0.05, 0.1) is 0 Å². The summed E-state index contributed by atoms with van der Waals surface area (Å²) in [6, 6.07) is 9.04. The molecule has 2 nitrogen and oxygen atoms in total. The van der Waals surface area contributed by atoms with E-state index in [-0.39, 0.29) is 0 Å². The molecule has 1 aromatic carbocycles. The van der Waals surface area contributed by atoms with E-state index in [9.17, 15) is 0 Å². The number of nitrogens with one attached hydrogen (secondary N) is 1. The monoisotopic (exact) mass is 258 g/mol. The molecule has 19 heavy (non-hydrogen) atoms. The maximum absolute atomic E-state index is 3.61. The molecule has 1 saturated heterocycles. The van der Waals surface area contributed by atoms with Crippen LogP contribution < -0.4 is 10.2 Å². The van der Waals surface area contributed by atoms with Crippen LogP contribution in [0.2, 0.25) is 0 Å². The van der Waals surface area contributed by atoms with Crippen molar-refractivity contribution < 1.29 is 0 Å². The Hall–Kier alpha value is -1.18. The maximum Gasteiger partial charge on any atom is 0.0367 e. The van der Waals surface area contributed by atoms with Crippen LogP contribution in [-0.2, 0) is 0 Å². The molecule has 0 amide bonds. The Kier molecular flexibility index (Phi) is 4.27. The maximum atomic E-state index is 3.61. The summed E-state index contributed by atoms with van der Waals surface area (Å²) in [7, 11) is 0. The number of hydrogen-bond donors (Lipinski definition) is 1. The van der Waals surface area contributed by atoms with E-state index in [1.807, 2.05) is 0 Å². The molecule has 1 aromatic rings. The van der Waals surface area contributed by atoms with Gasteiger partial charge in [-0.25, -0.2) is 0 Å². The molecule has 0 radical (unpaired) electrons. The largest absolute Gasteiger partial charge is 0.385 e. The molecule has 2 heteroatoms. The fourth-order valence-corrected chi connectivity index (χ4v) is 3.42. The number of rotatable bonds is 4. The molecule has 0 atom stereocenters. The van der Waals surface area contributed by atoms with Crippen LogP contribution >= 0.6 is 0 Å². The zero-order valence-electron chi connectivity index (χ0n) is 11.9. The lowest BCUT2D eigenvalue weighted by atomic mass is 9.89. The lowest BCUT2D eigenvalue weighted by molar-refractivity contribution is 0.373. The van der Waals surface area contributed by atoms with Gasteiger partial charge in [0.15, 0.2) is 0 Å². The fraction of sp³-hybridized carbons (Fsp3) is 0.647. The van der Waals surface area contributed by atoms with Gasteiger partial charge in [0.25, 0.3) is 0 Å². The highest BCUT2D eigenvalue weighted by Gasteiger charge is 2.14. The summed E-state index contributed by atoms with van der Waals surface area (Å²) in [5.74, 6) is 0.895. The molecule has 1 aliphatic carbocycles. The van der Waals surface area contributed by atoms with Crippen LogP contribution in [0.3, 0.4) is 0 Å². The second kappa shape index (κ2) is 6.31. The first-order chi connectivity index (χ1) is 9.42. The van der Waals surface area contributed by atoms with Crippen molar-refractivity contribution >= 4 is 11.4 Å². The van der Waals surface area contributed by atoms with E-state index in [0.29, 0.717) is 0 Å². The van der Waals surface area contributed by atoms with E-state index in [2.05, 4.69) is 34.5 Å². The molecular formula is C17H26N2. The molecule has 0 unspecified atom stereocenters.